The molecule has 0 fully saturated rings. The van der Waals surface area contributed by atoms with Crippen molar-refractivity contribution in [3.05, 3.63) is 84.1 Å². The summed E-state index contributed by atoms with van der Waals surface area (Å²) in [7, 11) is 1.57. The summed E-state index contributed by atoms with van der Waals surface area (Å²) >= 11 is 0. The Labute approximate surface area is 184 Å². The van der Waals surface area contributed by atoms with E-state index >= 15 is 0 Å². The number of ether oxygens (including phenoxy) is 2. The van der Waals surface area contributed by atoms with E-state index in [0.29, 0.717) is 33.8 Å². The van der Waals surface area contributed by atoms with E-state index < -0.39 is 11.8 Å². The van der Waals surface area contributed by atoms with Crippen molar-refractivity contribution in [1.82, 2.24) is 0 Å². The van der Waals surface area contributed by atoms with Crippen LogP contribution in [0.15, 0.2) is 77.2 Å². The number of para-hydroxylation sites is 1. The van der Waals surface area contributed by atoms with E-state index in [9.17, 15) is 9.59 Å². The van der Waals surface area contributed by atoms with Crippen molar-refractivity contribution in [2.45, 2.75) is 6.92 Å². The van der Waals surface area contributed by atoms with Crippen LogP contribution in [0, 0.1) is 6.92 Å². The number of anilines is 2. The van der Waals surface area contributed by atoms with Gasteiger partial charge in [0.05, 0.1) is 7.11 Å². The third-order valence-electron chi connectivity index (χ3n) is 4.77. The van der Waals surface area contributed by atoms with Crippen LogP contribution >= 0.6 is 0 Å². The normalized spacial score (nSPS) is 10.6. The van der Waals surface area contributed by atoms with Crippen molar-refractivity contribution in [1.29, 1.82) is 0 Å². The monoisotopic (exact) mass is 430 g/mol. The van der Waals surface area contributed by atoms with Crippen molar-refractivity contribution in [3.8, 4) is 11.5 Å². The molecule has 3 aromatic carbocycles. The highest BCUT2D eigenvalue weighted by atomic mass is 16.5. The van der Waals surface area contributed by atoms with Gasteiger partial charge in [-0.2, -0.15) is 0 Å². The maximum Gasteiger partial charge on any atom is 0.293 e. The molecular formula is C25H22N2O5. The summed E-state index contributed by atoms with van der Waals surface area (Å²) in [6.07, 6.45) is 0. The Morgan fingerprint density at radius 2 is 1.69 bits per heavy atom. The molecular weight excluding hydrogens is 408 g/mol. The van der Waals surface area contributed by atoms with E-state index in [1.165, 1.54) is 0 Å². The average molecular weight is 430 g/mol. The molecule has 0 bridgehead atoms. The number of aryl methyl sites for hydroxylation is 1. The number of carbonyl (C=O) groups is 2. The molecule has 1 aromatic heterocycles. The Hall–Kier alpha value is -4.26. The van der Waals surface area contributed by atoms with Crippen LogP contribution in [0.3, 0.4) is 0 Å². The lowest BCUT2D eigenvalue weighted by Crippen LogP contribution is -2.22. The van der Waals surface area contributed by atoms with Crippen LogP contribution in [-0.4, -0.2) is 25.5 Å². The van der Waals surface area contributed by atoms with Gasteiger partial charge >= 0.3 is 0 Å². The molecule has 162 valence electrons. The number of methoxy groups -OCH3 is 1. The molecule has 4 rings (SSSR count). The minimum atomic E-state index is -0.485. The Balaban J connectivity index is 1.54. The highest BCUT2D eigenvalue weighted by Crippen LogP contribution is 2.31. The number of amides is 2. The number of nitrogens with one attached hydrogen (secondary N) is 2. The lowest BCUT2D eigenvalue weighted by atomic mass is 10.2. The van der Waals surface area contributed by atoms with Crippen LogP contribution in [0.2, 0.25) is 0 Å². The van der Waals surface area contributed by atoms with Gasteiger partial charge in [-0.3, -0.25) is 9.59 Å². The second-order valence-electron chi connectivity index (χ2n) is 7.14. The van der Waals surface area contributed by atoms with Crippen LogP contribution in [0.1, 0.15) is 16.1 Å². The third kappa shape index (κ3) is 4.73. The molecule has 0 saturated carbocycles. The van der Waals surface area contributed by atoms with Gasteiger partial charge in [-0.25, -0.2) is 0 Å². The molecule has 0 aliphatic carbocycles. The summed E-state index contributed by atoms with van der Waals surface area (Å²) in [4.78, 5) is 25.5. The molecule has 32 heavy (non-hydrogen) atoms. The molecule has 4 aromatic rings. The van der Waals surface area contributed by atoms with Crippen molar-refractivity contribution in [3.63, 3.8) is 0 Å². The highest BCUT2D eigenvalue weighted by molar-refractivity contribution is 6.14. The number of benzene rings is 3. The predicted octanol–water partition coefficient (Wildman–Crippen LogP) is 5.02. The lowest BCUT2D eigenvalue weighted by Gasteiger charge is -2.09. The number of carbonyl (C=O) groups excluding carboxylic acids is 2. The fourth-order valence-electron chi connectivity index (χ4n) is 3.22. The van der Waals surface area contributed by atoms with Gasteiger partial charge in [0.15, 0.2) is 6.61 Å². The first-order chi connectivity index (χ1) is 15.5. The SMILES string of the molecule is COc1ccc(NC(=O)c2oc3ccccc3c2NC(=O)COc2cccc(C)c2)cc1. The molecule has 7 heteroatoms. The van der Waals surface area contributed by atoms with Crippen molar-refractivity contribution >= 4 is 34.2 Å². The zero-order valence-corrected chi connectivity index (χ0v) is 17.7. The highest BCUT2D eigenvalue weighted by Gasteiger charge is 2.22. The first kappa shape index (κ1) is 21.0. The largest absolute Gasteiger partial charge is 0.497 e. The molecule has 2 N–H and O–H groups in total. The van der Waals surface area contributed by atoms with Gasteiger partial charge in [-0.05, 0) is 61.0 Å². The minimum absolute atomic E-state index is 0.00548. The van der Waals surface area contributed by atoms with Gasteiger partial charge in [0.2, 0.25) is 5.76 Å². The number of hydrogen-bond acceptors (Lipinski definition) is 5. The van der Waals surface area contributed by atoms with Gasteiger partial charge in [0.25, 0.3) is 11.8 Å². The molecule has 2 amide bonds. The van der Waals surface area contributed by atoms with E-state index in [0.717, 1.165) is 5.56 Å². The maximum atomic E-state index is 12.9. The fourth-order valence-corrected chi connectivity index (χ4v) is 3.22. The van der Waals surface area contributed by atoms with E-state index in [1.807, 2.05) is 31.2 Å². The number of furan rings is 1. The summed E-state index contributed by atoms with van der Waals surface area (Å²) in [5, 5.41) is 6.16. The molecule has 0 radical (unpaired) electrons. The van der Waals surface area contributed by atoms with Crippen molar-refractivity contribution < 1.29 is 23.5 Å². The fraction of sp³-hybridized carbons (Fsp3) is 0.120. The predicted molar refractivity (Wildman–Crippen MR) is 122 cm³/mol. The molecule has 0 saturated heterocycles. The zero-order chi connectivity index (χ0) is 22.5. The first-order valence-corrected chi connectivity index (χ1v) is 10.00. The summed E-state index contributed by atoms with van der Waals surface area (Å²) < 4.78 is 16.5. The average Bonchev–Trinajstić information content (AvgIpc) is 3.17. The van der Waals surface area contributed by atoms with Crippen molar-refractivity contribution in [2.24, 2.45) is 0 Å². The Bertz CT molecular complexity index is 1260. The quantitative estimate of drug-likeness (QED) is 0.430. The van der Waals surface area contributed by atoms with Crippen LogP contribution in [0.5, 0.6) is 11.5 Å². The molecule has 0 spiro atoms. The molecule has 7 nitrogen and oxygen atoms in total. The summed E-state index contributed by atoms with van der Waals surface area (Å²) in [6.45, 7) is 1.74. The Kier molecular flexibility index (Phi) is 6.07. The van der Waals surface area contributed by atoms with E-state index in [-0.39, 0.29) is 12.4 Å². The molecule has 0 unspecified atom stereocenters. The topological polar surface area (TPSA) is 89.8 Å². The van der Waals surface area contributed by atoms with Gasteiger partial charge in [0, 0.05) is 11.1 Å². The standard InChI is InChI=1S/C25H22N2O5/c1-16-6-5-7-19(14-16)31-15-22(28)27-23-20-8-3-4-9-21(20)32-24(23)25(29)26-17-10-12-18(30-2)13-11-17/h3-14H,15H2,1-2H3,(H,26,29)(H,27,28). The number of hydrogen-bond donors (Lipinski definition) is 2. The third-order valence-corrected chi connectivity index (χ3v) is 4.77. The Morgan fingerprint density at radius 1 is 0.906 bits per heavy atom. The van der Waals surface area contributed by atoms with E-state index in [2.05, 4.69) is 10.6 Å². The lowest BCUT2D eigenvalue weighted by molar-refractivity contribution is -0.118. The summed E-state index contributed by atoms with van der Waals surface area (Å²) in [5.74, 6) is 0.381. The smallest absolute Gasteiger partial charge is 0.293 e. The van der Waals surface area contributed by atoms with Crippen LogP contribution in [0.25, 0.3) is 11.0 Å². The molecule has 1 heterocycles. The molecule has 0 atom stereocenters. The van der Waals surface area contributed by atoms with Crippen LogP contribution in [-0.2, 0) is 4.79 Å². The molecule has 0 aliphatic rings. The van der Waals surface area contributed by atoms with E-state index in [4.69, 9.17) is 13.9 Å². The maximum absolute atomic E-state index is 12.9. The van der Waals surface area contributed by atoms with Gasteiger partial charge in [-0.1, -0.05) is 24.3 Å². The number of fused-ring (bicyclic) bond motifs is 1. The minimum Gasteiger partial charge on any atom is -0.497 e. The second-order valence-corrected chi connectivity index (χ2v) is 7.14. The second kappa shape index (κ2) is 9.26. The summed E-state index contributed by atoms with van der Waals surface area (Å²) in [5.41, 5.74) is 2.38. The first-order valence-electron chi connectivity index (χ1n) is 10.00. The number of rotatable bonds is 7. The Morgan fingerprint density at radius 3 is 2.44 bits per heavy atom. The van der Waals surface area contributed by atoms with Crippen LogP contribution < -0.4 is 20.1 Å². The van der Waals surface area contributed by atoms with Gasteiger partial charge in [-0.15, -0.1) is 0 Å². The van der Waals surface area contributed by atoms with E-state index in [1.54, 1.807) is 55.6 Å². The summed E-state index contributed by atoms with van der Waals surface area (Å²) in [6, 6.07) is 21.4. The zero-order valence-electron chi connectivity index (χ0n) is 17.7. The van der Waals surface area contributed by atoms with Gasteiger partial charge < -0.3 is 24.5 Å². The van der Waals surface area contributed by atoms with Crippen LogP contribution in [0.4, 0.5) is 11.4 Å². The molecule has 0 aliphatic heterocycles. The van der Waals surface area contributed by atoms with Crippen molar-refractivity contribution in [2.75, 3.05) is 24.4 Å². The van der Waals surface area contributed by atoms with Gasteiger partial charge in [0.1, 0.15) is 22.8 Å².